The number of nitrogens with one attached hydrogen (secondary N) is 1. The molecule has 0 radical (unpaired) electrons. The van der Waals surface area contributed by atoms with Crippen LogP contribution in [-0.4, -0.2) is 18.6 Å². The minimum absolute atomic E-state index is 0.106. The minimum atomic E-state index is -4.55. The first kappa shape index (κ1) is 15.6. The summed E-state index contributed by atoms with van der Waals surface area (Å²) in [6.45, 7) is 3.17. The summed E-state index contributed by atoms with van der Waals surface area (Å²) < 4.78 is 43.2. The monoisotopic (exact) mass is 295 g/mol. The van der Waals surface area contributed by atoms with Crippen molar-refractivity contribution in [1.29, 1.82) is 0 Å². The number of carbonyl (C=O) groups excluding carboxylic acids is 1. The largest absolute Gasteiger partial charge is 0.464 e. The molecule has 1 unspecified atom stereocenters. The van der Waals surface area contributed by atoms with Gasteiger partial charge in [0.15, 0.2) is 0 Å². The zero-order valence-electron chi connectivity index (χ0n) is 10.3. The number of rotatable bonds is 4. The molecule has 0 fully saturated rings. The highest BCUT2D eigenvalue weighted by molar-refractivity contribution is 6.33. The molecule has 0 aliphatic carbocycles. The summed E-state index contributed by atoms with van der Waals surface area (Å²) in [6.07, 6.45) is -4.55. The summed E-state index contributed by atoms with van der Waals surface area (Å²) in [4.78, 5) is 11.4. The molecule has 0 heterocycles. The normalized spacial score (nSPS) is 12.9. The fraction of sp³-hybridized carbons (Fsp3) is 0.417. The Morgan fingerprint density at radius 3 is 2.63 bits per heavy atom. The van der Waals surface area contributed by atoms with Crippen LogP contribution in [0.3, 0.4) is 0 Å². The van der Waals surface area contributed by atoms with Gasteiger partial charge >= 0.3 is 12.1 Å². The third-order valence-corrected chi connectivity index (χ3v) is 2.63. The van der Waals surface area contributed by atoms with E-state index in [1.165, 1.54) is 19.1 Å². The Kier molecular flexibility index (Phi) is 5.05. The lowest BCUT2D eigenvalue weighted by Gasteiger charge is -2.19. The third kappa shape index (κ3) is 4.02. The van der Waals surface area contributed by atoms with E-state index in [9.17, 15) is 18.0 Å². The lowest BCUT2D eigenvalue weighted by Crippen LogP contribution is -2.29. The highest BCUT2D eigenvalue weighted by Gasteiger charge is 2.35. The van der Waals surface area contributed by atoms with Crippen molar-refractivity contribution >= 4 is 23.3 Å². The van der Waals surface area contributed by atoms with Crippen molar-refractivity contribution in [3.8, 4) is 0 Å². The van der Waals surface area contributed by atoms with Gasteiger partial charge in [0.05, 0.1) is 22.9 Å². The molecule has 7 heteroatoms. The second-order valence-corrected chi connectivity index (χ2v) is 4.19. The topological polar surface area (TPSA) is 38.3 Å². The lowest BCUT2D eigenvalue weighted by molar-refractivity contribution is -0.144. The first-order chi connectivity index (χ1) is 8.77. The van der Waals surface area contributed by atoms with Gasteiger partial charge in [-0.25, -0.2) is 4.79 Å². The van der Waals surface area contributed by atoms with Gasteiger partial charge in [0.1, 0.15) is 6.04 Å². The van der Waals surface area contributed by atoms with Crippen LogP contribution in [0, 0.1) is 0 Å². The van der Waals surface area contributed by atoms with Crippen molar-refractivity contribution in [1.82, 2.24) is 0 Å². The van der Waals surface area contributed by atoms with Crippen molar-refractivity contribution in [2.24, 2.45) is 0 Å². The Morgan fingerprint density at radius 1 is 1.47 bits per heavy atom. The molecule has 19 heavy (non-hydrogen) atoms. The van der Waals surface area contributed by atoms with E-state index in [0.29, 0.717) is 0 Å². The second kappa shape index (κ2) is 6.14. The Balaban J connectivity index is 3.03. The number of carbonyl (C=O) groups is 1. The van der Waals surface area contributed by atoms with Crippen LogP contribution in [-0.2, 0) is 15.7 Å². The van der Waals surface area contributed by atoms with Crippen LogP contribution < -0.4 is 5.32 Å². The summed E-state index contributed by atoms with van der Waals surface area (Å²) in [5.41, 5.74) is -1.24. The average molecular weight is 296 g/mol. The van der Waals surface area contributed by atoms with Crippen molar-refractivity contribution in [3.63, 3.8) is 0 Å². The fourth-order valence-electron chi connectivity index (χ4n) is 1.45. The molecule has 0 amide bonds. The number of ether oxygens (including phenoxy) is 1. The molecular weight excluding hydrogens is 283 g/mol. The van der Waals surface area contributed by atoms with Crippen LogP contribution in [0.15, 0.2) is 18.2 Å². The molecule has 106 valence electrons. The van der Waals surface area contributed by atoms with Crippen LogP contribution in [0.1, 0.15) is 19.4 Å². The van der Waals surface area contributed by atoms with Gasteiger partial charge in [0.25, 0.3) is 0 Å². The van der Waals surface area contributed by atoms with E-state index in [-0.39, 0.29) is 17.3 Å². The Morgan fingerprint density at radius 2 is 2.11 bits per heavy atom. The van der Waals surface area contributed by atoms with Gasteiger partial charge in [-0.3, -0.25) is 0 Å². The predicted molar refractivity (Wildman–Crippen MR) is 66.2 cm³/mol. The number of para-hydroxylation sites is 1. The molecule has 1 N–H and O–H groups in total. The number of hydrogen-bond acceptors (Lipinski definition) is 3. The number of anilines is 1. The highest BCUT2D eigenvalue weighted by atomic mass is 35.5. The average Bonchev–Trinajstić information content (AvgIpc) is 2.30. The van der Waals surface area contributed by atoms with Gasteiger partial charge in [0.2, 0.25) is 0 Å². The van der Waals surface area contributed by atoms with Crippen molar-refractivity contribution < 1.29 is 22.7 Å². The minimum Gasteiger partial charge on any atom is -0.464 e. The van der Waals surface area contributed by atoms with Gasteiger partial charge in [-0.2, -0.15) is 13.2 Å². The van der Waals surface area contributed by atoms with Crippen LogP contribution in [0.2, 0.25) is 5.02 Å². The number of esters is 1. The van der Waals surface area contributed by atoms with E-state index in [1.54, 1.807) is 6.92 Å². The van der Waals surface area contributed by atoms with Gasteiger partial charge in [-0.05, 0) is 26.0 Å². The summed E-state index contributed by atoms with van der Waals surface area (Å²) in [7, 11) is 0. The van der Waals surface area contributed by atoms with E-state index in [1.807, 2.05) is 0 Å². The molecule has 1 atom stereocenters. The molecule has 0 spiro atoms. The zero-order valence-corrected chi connectivity index (χ0v) is 11.1. The lowest BCUT2D eigenvalue weighted by atomic mass is 10.1. The van der Waals surface area contributed by atoms with E-state index in [4.69, 9.17) is 16.3 Å². The molecule has 1 rings (SSSR count). The van der Waals surface area contributed by atoms with Crippen LogP contribution >= 0.6 is 11.6 Å². The second-order valence-electron chi connectivity index (χ2n) is 3.78. The first-order valence-corrected chi connectivity index (χ1v) is 5.94. The van der Waals surface area contributed by atoms with E-state index in [0.717, 1.165) is 6.07 Å². The van der Waals surface area contributed by atoms with Crippen LogP contribution in [0.25, 0.3) is 0 Å². The molecule has 0 saturated heterocycles. The quantitative estimate of drug-likeness (QED) is 0.860. The molecule has 0 aromatic heterocycles. The highest BCUT2D eigenvalue weighted by Crippen LogP contribution is 2.38. The number of benzene rings is 1. The summed E-state index contributed by atoms with van der Waals surface area (Å²) in [5, 5.41) is 2.34. The van der Waals surface area contributed by atoms with Gasteiger partial charge in [-0.15, -0.1) is 0 Å². The molecule has 1 aromatic carbocycles. The maximum atomic E-state index is 12.8. The van der Waals surface area contributed by atoms with Crippen molar-refractivity contribution in [2.45, 2.75) is 26.1 Å². The Hall–Kier alpha value is -1.43. The Labute approximate surface area is 113 Å². The van der Waals surface area contributed by atoms with E-state index < -0.39 is 23.8 Å². The first-order valence-electron chi connectivity index (χ1n) is 5.56. The van der Waals surface area contributed by atoms with Gasteiger partial charge < -0.3 is 10.1 Å². The van der Waals surface area contributed by atoms with Crippen LogP contribution in [0.4, 0.5) is 18.9 Å². The van der Waals surface area contributed by atoms with Crippen molar-refractivity contribution in [2.75, 3.05) is 11.9 Å². The summed E-state index contributed by atoms with van der Waals surface area (Å²) in [6, 6.07) is 2.48. The number of hydrogen-bond donors (Lipinski definition) is 1. The number of alkyl halides is 3. The zero-order chi connectivity index (χ0) is 14.6. The standard InChI is InChI=1S/C12H13ClF3NO2/c1-3-19-11(18)7(2)17-10-8(12(14,15)16)5-4-6-9(10)13/h4-7,17H,3H2,1-2H3. The third-order valence-electron chi connectivity index (χ3n) is 2.32. The van der Waals surface area contributed by atoms with Crippen LogP contribution in [0.5, 0.6) is 0 Å². The predicted octanol–water partition coefficient (Wildman–Crippen LogP) is 3.72. The molecule has 0 saturated carbocycles. The van der Waals surface area contributed by atoms with Gasteiger partial charge in [-0.1, -0.05) is 17.7 Å². The molecule has 3 nitrogen and oxygen atoms in total. The van der Waals surface area contributed by atoms with Gasteiger partial charge in [0, 0.05) is 0 Å². The van der Waals surface area contributed by atoms with E-state index in [2.05, 4.69) is 5.32 Å². The fourth-order valence-corrected chi connectivity index (χ4v) is 1.68. The number of halogens is 4. The molecule has 0 bridgehead atoms. The molecule has 0 aliphatic heterocycles. The Bertz CT molecular complexity index is 463. The molecule has 0 aliphatic rings. The summed E-state index contributed by atoms with van der Waals surface area (Å²) >= 11 is 5.75. The smallest absolute Gasteiger partial charge is 0.418 e. The van der Waals surface area contributed by atoms with E-state index >= 15 is 0 Å². The SMILES string of the molecule is CCOC(=O)C(C)Nc1c(Cl)cccc1C(F)(F)F. The molecule has 1 aromatic rings. The maximum absolute atomic E-state index is 12.8. The molecular formula is C12H13ClF3NO2. The van der Waals surface area contributed by atoms with Crippen molar-refractivity contribution in [3.05, 3.63) is 28.8 Å². The summed E-state index contributed by atoms with van der Waals surface area (Å²) in [5.74, 6) is -0.643. The maximum Gasteiger partial charge on any atom is 0.418 e.